The molecule has 28 heavy (non-hydrogen) atoms. The maximum absolute atomic E-state index is 12.6. The van der Waals surface area contributed by atoms with E-state index in [0.29, 0.717) is 18.8 Å². The van der Waals surface area contributed by atoms with Crippen molar-refractivity contribution < 1.29 is 22.7 Å². The fourth-order valence-corrected chi connectivity index (χ4v) is 3.81. The van der Waals surface area contributed by atoms with Crippen molar-refractivity contribution in [2.24, 2.45) is 0 Å². The molecule has 1 fully saturated rings. The summed E-state index contributed by atoms with van der Waals surface area (Å²) in [4.78, 5) is 26.0. The smallest absolute Gasteiger partial charge is 0.412 e. The summed E-state index contributed by atoms with van der Waals surface area (Å²) >= 11 is 0. The fraction of sp³-hybridized carbons (Fsp3) is 0.579. The number of rotatable bonds is 5. The van der Waals surface area contributed by atoms with E-state index in [1.54, 1.807) is 49.9 Å². The van der Waals surface area contributed by atoms with Crippen molar-refractivity contribution in [1.29, 1.82) is 0 Å². The minimum Gasteiger partial charge on any atom is -0.444 e. The van der Waals surface area contributed by atoms with Crippen LogP contribution in [0.2, 0.25) is 0 Å². The van der Waals surface area contributed by atoms with E-state index in [4.69, 9.17) is 4.74 Å². The normalized spacial score (nSPS) is 17.9. The van der Waals surface area contributed by atoms with Crippen LogP contribution in [0.3, 0.4) is 0 Å². The molecule has 1 saturated heterocycles. The first-order chi connectivity index (χ1) is 12.9. The molecule has 1 aromatic carbocycles. The molecular weight excluding hydrogens is 382 g/mol. The molecule has 8 nitrogen and oxygen atoms in total. The number of amides is 2. The lowest BCUT2D eigenvalue weighted by Gasteiger charge is -2.32. The van der Waals surface area contributed by atoms with Crippen LogP contribution < -0.4 is 10.0 Å². The molecule has 1 heterocycles. The molecule has 0 radical (unpaired) electrons. The van der Waals surface area contributed by atoms with Gasteiger partial charge in [0, 0.05) is 24.8 Å². The summed E-state index contributed by atoms with van der Waals surface area (Å²) < 4.78 is 30.6. The standard InChI is InChI=1S/C19H29N3O5S/c1-19(2,3)27-18(24)20-15-9-7-14(8-10-15)12-17(23)22-11-5-6-16(13-22)21-28(4,25)26/h7-10,16,21H,5-6,11-13H2,1-4H3,(H,20,24)/t16-/m1/s1. The van der Waals surface area contributed by atoms with Gasteiger partial charge in [-0.25, -0.2) is 17.9 Å². The van der Waals surface area contributed by atoms with Gasteiger partial charge in [-0.1, -0.05) is 12.1 Å². The monoisotopic (exact) mass is 411 g/mol. The minimum atomic E-state index is -3.29. The molecule has 0 saturated carbocycles. The minimum absolute atomic E-state index is 0.0483. The number of piperidine rings is 1. The molecule has 1 aliphatic heterocycles. The van der Waals surface area contributed by atoms with Crippen molar-refractivity contribution in [2.45, 2.75) is 51.7 Å². The number of benzene rings is 1. The van der Waals surface area contributed by atoms with Gasteiger partial charge in [0.05, 0.1) is 12.7 Å². The Labute approximate surface area is 166 Å². The van der Waals surface area contributed by atoms with E-state index >= 15 is 0 Å². The topological polar surface area (TPSA) is 105 Å². The van der Waals surface area contributed by atoms with Gasteiger partial charge in [-0.3, -0.25) is 10.1 Å². The van der Waals surface area contributed by atoms with Gasteiger partial charge >= 0.3 is 6.09 Å². The predicted molar refractivity (Wildman–Crippen MR) is 108 cm³/mol. The number of hydrogen-bond acceptors (Lipinski definition) is 5. The molecule has 0 spiro atoms. The Bertz CT molecular complexity index is 800. The number of nitrogens with zero attached hydrogens (tertiary/aromatic N) is 1. The molecule has 1 aliphatic rings. The molecule has 0 unspecified atom stereocenters. The highest BCUT2D eigenvalue weighted by atomic mass is 32.2. The molecule has 2 N–H and O–H groups in total. The van der Waals surface area contributed by atoms with Gasteiger partial charge in [-0.2, -0.15) is 0 Å². The van der Waals surface area contributed by atoms with Crippen molar-refractivity contribution in [3.05, 3.63) is 29.8 Å². The lowest BCUT2D eigenvalue weighted by Crippen LogP contribution is -2.49. The van der Waals surface area contributed by atoms with Gasteiger partial charge < -0.3 is 9.64 Å². The number of likely N-dealkylation sites (tertiary alicyclic amines) is 1. The van der Waals surface area contributed by atoms with Crippen LogP contribution in [-0.4, -0.2) is 56.3 Å². The quantitative estimate of drug-likeness (QED) is 0.772. The third-order valence-corrected chi connectivity index (χ3v) is 4.87. The van der Waals surface area contributed by atoms with Gasteiger partial charge in [0.25, 0.3) is 0 Å². The van der Waals surface area contributed by atoms with Gasteiger partial charge in [-0.05, 0) is 51.3 Å². The van der Waals surface area contributed by atoms with Crippen LogP contribution in [0.4, 0.5) is 10.5 Å². The van der Waals surface area contributed by atoms with Crippen LogP contribution in [0, 0.1) is 0 Å². The van der Waals surface area contributed by atoms with Crippen LogP contribution in [0.15, 0.2) is 24.3 Å². The largest absolute Gasteiger partial charge is 0.444 e. The van der Waals surface area contributed by atoms with Crippen molar-refractivity contribution in [3.63, 3.8) is 0 Å². The molecule has 1 aromatic rings. The van der Waals surface area contributed by atoms with Crippen molar-refractivity contribution >= 4 is 27.7 Å². The van der Waals surface area contributed by atoms with Gasteiger partial charge in [0.2, 0.25) is 15.9 Å². The second kappa shape index (κ2) is 8.91. The van der Waals surface area contributed by atoms with E-state index in [1.165, 1.54) is 0 Å². The Morgan fingerprint density at radius 2 is 1.86 bits per heavy atom. The first-order valence-corrected chi connectivity index (χ1v) is 11.1. The summed E-state index contributed by atoms with van der Waals surface area (Å²) in [5, 5.41) is 2.65. The van der Waals surface area contributed by atoms with Crippen LogP contribution in [0.5, 0.6) is 0 Å². The number of hydrogen-bond donors (Lipinski definition) is 2. The van der Waals surface area contributed by atoms with Gasteiger partial charge in [-0.15, -0.1) is 0 Å². The van der Waals surface area contributed by atoms with E-state index in [1.807, 2.05) is 0 Å². The van der Waals surface area contributed by atoms with E-state index in [-0.39, 0.29) is 18.4 Å². The highest BCUT2D eigenvalue weighted by Gasteiger charge is 2.25. The second-order valence-corrected chi connectivity index (χ2v) is 9.85. The van der Waals surface area contributed by atoms with Crippen LogP contribution in [0.25, 0.3) is 0 Å². The first-order valence-electron chi connectivity index (χ1n) is 9.25. The average molecular weight is 412 g/mol. The first kappa shape index (κ1) is 22.2. The van der Waals surface area contributed by atoms with Crippen LogP contribution in [0.1, 0.15) is 39.2 Å². The number of carbonyl (C=O) groups is 2. The summed E-state index contributed by atoms with van der Waals surface area (Å²) in [5.74, 6) is -0.0483. The molecule has 0 aromatic heterocycles. The maximum atomic E-state index is 12.6. The Balaban J connectivity index is 1.89. The summed E-state index contributed by atoms with van der Waals surface area (Å²) in [6.45, 7) is 6.37. The van der Waals surface area contributed by atoms with Crippen LogP contribution in [-0.2, 0) is 26.0 Å². The SMILES string of the molecule is CC(C)(C)OC(=O)Nc1ccc(CC(=O)N2CCC[C@@H](NS(C)(=O)=O)C2)cc1. The fourth-order valence-electron chi connectivity index (χ4n) is 3.02. The summed E-state index contributed by atoms with van der Waals surface area (Å²) in [6.07, 6.45) is 2.30. The van der Waals surface area contributed by atoms with Crippen LogP contribution >= 0.6 is 0 Å². The molecule has 0 bridgehead atoms. The van der Waals surface area contributed by atoms with E-state index in [0.717, 1.165) is 24.7 Å². The molecule has 2 rings (SSSR count). The zero-order valence-corrected chi connectivity index (χ0v) is 17.6. The van der Waals surface area contributed by atoms with Crippen molar-refractivity contribution in [1.82, 2.24) is 9.62 Å². The van der Waals surface area contributed by atoms with Crippen molar-refractivity contribution in [2.75, 3.05) is 24.7 Å². The predicted octanol–water partition coefficient (Wildman–Crippen LogP) is 2.12. The third kappa shape index (κ3) is 7.85. The zero-order valence-electron chi connectivity index (χ0n) is 16.8. The average Bonchev–Trinajstić information content (AvgIpc) is 2.53. The number of nitrogens with one attached hydrogen (secondary N) is 2. The lowest BCUT2D eigenvalue weighted by atomic mass is 10.0. The zero-order chi connectivity index (χ0) is 20.9. The molecular formula is C19H29N3O5S. The number of anilines is 1. The Hall–Kier alpha value is -2.13. The molecule has 1 atom stereocenters. The third-order valence-electron chi connectivity index (χ3n) is 4.11. The highest BCUT2D eigenvalue weighted by Crippen LogP contribution is 2.16. The Morgan fingerprint density at radius 1 is 1.21 bits per heavy atom. The van der Waals surface area contributed by atoms with E-state index < -0.39 is 21.7 Å². The van der Waals surface area contributed by atoms with Gasteiger partial charge in [0.1, 0.15) is 5.60 Å². The molecule has 9 heteroatoms. The second-order valence-electron chi connectivity index (χ2n) is 8.07. The number of carbonyl (C=O) groups excluding carboxylic acids is 2. The Morgan fingerprint density at radius 3 is 2.43 bits per heavy atom. The molecule has 0 aliphatic carbocycles. The number of ether oxygens (including phenoxy) is 1. The van der Waals surface area contributed by atoms with Gasteiger partial charge in [0.15, 0.2) is 0 Å². The summed E-state index contributed by atoms with van der Waals surface area (Å²) in [5.41, 5.74) is 0.827. The maximum Gasteiger partial charge on any atom is 0.412 e. The lowest BCUT2D eigenvalue weighted by molar-refractivity contribution is -0.131. The van der Waals surface area contributed by atoms with E-state index in [2.05, 4.69) is 10.0 Å². The van der Waals surface area contributed by atoms with Crippen molar-refractivity contribution in [3.8, 4) is 0 Å². The summed E-state index contributed by atoms with van der Waals surface area (Å²) in [7, 11) is -3.29. The van der Waals surface area contributed by atoms with E-state index in [9.17, 15) is 18.0 Å². The molecule has 2 amide bonds. The Kier molecular flexibility index (Phi) is 7.06. The molecule has 156 valence electrons. The number of sulfonamides is 1. The summed E-state index contributed by atoms with van der Waals surface area (Å²) in [6, 6.07) is 6.75. The highest BCUT2D eigenvalue weighted by molar-refractivity contribution is 7.88.